The molecular weight excluding hydrogens is 392 g/mol. The van der Waals surface area contributed by atoms with Crippen molar-refractivity contribution in [2.24, 2.45) is 0 Å². The molecule has 4 aromatic rings. The Morgan fingerprint density at radius 2 is 1.96 bits per heavy atom. The van der Waals surface area contributed by atoms with Gasteiger partial charge in [0, 0.05) is 13.0 Å². The van der Waals surface area contributed by atoms with Gasteiger partial charge in [0.2, 0.25) is 0 Å². The molecule has 4 heterocycles. The Morgan fingerprint density at radius 1 is 1.07 bits per heavy atom. The molecule has 1 aromatic carbocycles. The van der Waals surface area contributed by atoms with E-state index in [1.165, 1.54) is 5.56 Å². The minimum Gasteiger partial charge on any atom is -0.358 e. The summed E-state index contributed by atoms with van der Waals surface area (Å²) in [6.45, 7) is 0.756. The zero-order chi connectivity index (χ0) is 18.9. The van der Waals surface area contributed by atoms with Crippen molar-refractivity contribution in [2.45, 2.75) is 31.9 Å². The predicted octanol–water partition coefficient (Wildman–Crippen LogP) is 5.50. The molecule has 0 bridgehead atoms. The molecule has 7 heteroatoms. The molecule has 142 valence electrons. The zero-order valence-corrected chi connectivity index (χ0v) is 16.8. The maximum Gasteiger partial charge on any atom is 0.173 e. The third kappa shape index (κ3) is 3.32. The minimum atomic E-state index is -0.0698. The minimum absolute atomic E-state index is 0.0698. The van der Waals surface area contributed by atoms with Gasteiger partial charge in [0.1, 0.15) is 17.6 Å². The average molecular weight is 411 g/mol. The average Bonchev–Trinajstić information content (AvgIpc) is 3.38. The number of benzene rings is 1. The summed E-state index contributed by atoms with van der Waals surface area (Å²) in [4.78, 5) is 15.2. The number of hydrogen-bond acceptors (Lipinski definition) is 5. The molecule has 0 spiro atoms. The van der Waals surface area contributed by atoms with Crippen LogP contribution in [0.2, 0.25) is 5.15 Å². The lowest BCUT2D eigenvalue weighted by Gasteiger charge is -2.25. The molecule has 0 saturated carbocycles. The zero-order valence-electron chi connectivity index (χ0n) is 15.2. The van der Waals surface area contributed by atoms with Crippen molar-refractivity contribution in [2.75, 3.05) is 6.61 Å². The van der Waals surface area contributed by atoms with Crippen molar-refractivity contribution in [3.05, 3.63) is 64.4 Å². The fourth-order valence-corrected chi connectivity index (χ4v) is 4.50. The molecule has 1 aliphatic heterocycles. The molecule has 0 amide bonds. The van der Waals surface area contributed by atoms with Crippen molar-refractivity contribution < 1.29 is 4.74 Å². The fraction of sp³-hybridized carbons (Fsp3) is 0.286. The molecule has 0 radical (unpaired) electrons. The Labute approximate surface area is 172 Å². The largest absolute Gasteiger partial charge is 0.358 e. The Hall–Kier alpha value is -2.28. The number of aromatic nitrogens is 4. The van der Waals surface area contributed by atoms with Gasteiger partial charge < -0.3 is 4.74 Å². The van der Waals surface area contributed by atoms with Crippen LogP contribution in [0.3, 0.4) is 0 Å². The predicted molar refractivity (Wildman–Crippen MR) is 112 cm³/mol. The van der Waals surface area contributed by atoms with Crippen molar-refractivity contribution >= 4 is 34.1 Å². The molecule has 0 N–H and O–H groups in total. The number of thiophene rings is 1. The molecule has 0 aliphatic carbocycles. The van der Waals surface area contributed by atoms with Gasteiger partial charge in [-0.15, -0.1) is 11.3 Å². The maximum absolute atomic E-state index is 6.54. The normalized spacial score (nSPS) is 17.2. The Bertz CT molecular complexity index is 1090. The van der Waals surface area contributed by atoms with Gasteiger partial charge in [-0.3, -0.25) is 4.57 Å². The van der Waals surface area contributed by atoms with Crippen LogP contribution in [0.4, 0.5) is 0 Å². The lowest BCUT2D eigenvalue weighted by molar-refractivity contribution is -0.0311. The lowest BCUT2D eigenvalue weighted by atomic mass is 10.1. The van der Waals surface area contributed by atoms with Gasteiger partial charge in [-0.1, -0.05) is 48.0 Å². The van der Waals surface area contributed by atoms with Crippen LogP contribution in [0.5, 0.6) is 0 Å². The van der Waals surface area contributed by atoms with Crippen LogP contribution in [0, 0.1) is 0 Å². The smallest absolute Gasteiger partial charge is 0.173 e. The molecule has 28 heavy (non-hydrogen) atoms. The second-order valence-corrected chi connectivity index (χ2v) is 8.17. The van der Waals surface area contributed by atoms with Crippen LogP contribution in [-0.4, -0.2) is 26.1 Å². The summed E-state index contributed by atoms with van der Waals surface area (Å²) in [5, 5.41) is 2.40. The summed E-state index contributed by atoms with van der Waals surface area (Å²) in [6, 6.07) is 14.3. The molecular formula is C21H19ClN4OS. The van der Waals surface area contributed by atoms with Crippen LogP contribution >= 0.6 is 22.9 Å². The van der Waals surface area contributed by atoms with E-state index in [4.69, 9.17) is 26.3 Å². The number of hydrogen-bond donors (Lipinski definition) is 0. The topological polar surface area (TPSA) is 52.8 Å². The van der Waals surface area contributed by atoms with Gasteiger partial charge in [-0.2, -0.15) is 0 Å². The summed E-state index contributed by atoms with van der Waals surface area (Å²) in [7, 11) is 0. The number of halogens is 1. The van der Waals surface area contributed by atoms with E-state index >= 15 is 0 Å². The molecule has 1 unspecified atom stereocenters. The number of fused-ring (bicyclic) bond motifs is 1. The molecule has 1 saturated heterocycles. The first-order valence-electron chi connectivity index (χ1n) is 9.43. The molecule has 5 nitrogen and oxygen atoms in total. The van der Waals surface area contributed by atoms with Crippen molar-refractivity contribution in [1.29, 1.82) is 0 Å². The van der Waals surface area contributed by atoms with E-state index in [1.807, 2.05) is 35.7 Å². The molecule has 1 fully saturated rings. The number of ether oxygens (including phenoxy) is 1. The Kier molecular flexibility index (Phi) is 4.84. The van der Waals surface area contributed by atoms with Gasteiger partial charge in [0.15, 0.2) is 16.6 Å². The highest BCUT2D eigenvalue weighted by atomic mass is 35.5. The van der Waals surface area contributed by atoms with Crippen molar-refractivity contribution in [3.63, 3.8) is 0 Å². The van der Waals surface area contributed by atoms with E-state index in [0.717, 1.165) is 42.2 Å². The first-order valence-corrected chi connectivity index (χ1v) is 10.7. The maximum atomic E-state index is 6.54. The number of nitrogens with zero attached hydrogens (tertiary/aromatic N) is 4. The molecule has 1 atom stereocenters. The standard InChI is InChI=1S/C21H19ClN4OS/c22-19-18-21(25-20(24-19)15-9-6-12-28-15)26(17-10-4-5-11-27-17)16(23-18)13-14-7-2-1-3-8-14/h1-3,6-9,12,17H,4-5,10-11,13H2. The van der Waals surface area contributed by atoms with E-state index in [1.54, 1.807) is 11.3 Å². The fourth-order valence-electron chi connectivity index (χ4n) is 3.63. The van der Waals surface area contributed by atoms with E-state index in [-0.39, 0.29) is 6.23 Å². The van der Waals surface area contributed by atoms with Crippen molar-refractivity contribution in [3.8, 4) is 10.7 Å². The third-order valence-corrected chi connectivity index (χ3v) is 6.09. The van der Waals surface area contributed by atoms with Gasteiger partial charge in [0.05, 0.1) is 4.88 Å². The monoisotopic (exact) mass is 410 g/mol. The first-order chi connectivity index (χ1) is 13.8. The van der Waals surface area contributed by atoms with Crippen LogP contribution in [0.15, 0.2) is 47.8 Å². The molecule has 5 rings (SSSR count). The van der Waals surface area contributed by atoms with Gasteiger partial charge in [-0.25, -0.2) is 15.0 Å². The van der Waals surface area contributed by atoms with Crippen LogP contribution in [0.1, 0.15) is 36.9 Å². The third-order valence-electron chi connectivity index (χ3n) is 4.96. The first kappa shape index (κ1) is 17.8. The lowest BCUT2D eigenvalue weighted by Crippen LogP contribution is -2.20. The van der Waals surface area contributed by atoms with E-state index in [0.29, 0.717) is 22.9 Å². The Morgan fingerprint density at radius 3 is 2.71 bits per heavy atom. The second kappa shape index (κ2) is 7.62. The van der Waals surface area contributed by atoms with E-state index in [9.17, 15) is 0 Å². The highest BCUT2D eigenvalue weighted by Crippen LogP contribution is 2.33. The Balaban J connectivity index is 1.68. The van der Waals surface area contributed by atoms with Gasteiger partial charge in [-0.05, 0) is 36.3 Å². The van der Waals surface area contributed by atoms with Crippen LogP contribution in [-0.2, 0) is 11.2 Å². The summed E-state index contributed by atoms with van der Waals surface area (Å²) in [5.41, 5.74) is 2.58. The number of imidazole rings is 1. The van der Waals surface area contributed by atoms with Gasteiger partial charge in [0.25, 0.3) is 0 Å². The summed E-state index contributed by atoms with van der Waals surface area (Å²) < 4.78 is 8.23. The molecule has 1 aliphatic rings. The quantitative estimate of drug-likeness (QED) is 0.417. The highest BCUT2D eigenvalue weighted by Gasteiger charge is 2.25. The SMILES string of the molecule is Clc1nc(-c2cccs2)nc2c1nc(Cc1ccccc1)n2C1CCCCO1. The van der Waals surface area contributed by atoms with Crippen LogP contribution < -0.4 is 0 Å². The molecule has 3 aromatic heterocycles. The summed E-state index contributed by atoms with van der Waals surface area (Å²) in [6.07, 6.45) is 3.80. The van der Waals surface area contributed by atoms with Gasteiger partial charge >= 0.3 is 0 Å². The second-order valence-electron chi connectivity index (χ2n) is 6.87. The van der Waals surface area contributed by atoms with E-state index < -0.39 is 0 Å². The number of rotatable bonds is 4. The highest BCUT2D eigenvalue weighted by molar-refractivity contribution is 7.13. The van der Waals surface area contributed by atoms with E-state index in [2.05, 4.69) is 21.7 Å². The summed E-state index contributed by atoms with van der Waals surface area (Å²) in [5.74, 6) is 1.54. The summed E-state index contributed by atoms with van der Waals surface area (Å²) >= 11 is 8.14. The van der Waals surface area contributed by atoms with Crippen molar-refractivity contribution in [1.82, 2.24) is 19.5 Å². The van der Waals surface area contributed by atoms with Crippen LogP contribution in [0.25, 0.3) is 21.9 Å².